The first-order chi connectivity index (χ1) is 9.54. The Labute approximate surface area is 151 Å². The molecule has 0 saturated carbocycles. The van der Waals surface area contributed by atoms with Gasteiger partial charge in [0.15, 0.2) is 5.96 Å². The van der Waals surface area contributed by atoms with Crippen LogP contribution in [-0.4, -0.2) is 5.96 Å². The van der Waals surface area contributed by atoms with Gasteiger partial charge in [-0.25, -0.2) is 4.99 Å². The number of rotatable bonds is 3. The molecule has 0 aliphatic carbocycles. The number of nitrogens with one attached hydrogen (secondary N) is 1. The van der Waals surface area contributed by atoms with Crippen LogP contribution in [0.15, 0.2) is 51.9 Å². The summed E-state index contributed by atoms with van der Waals surface area (Å²) in [6, 6.07) is 14.2. The molecule has 0 aromatic heterocycles. The molecule has 2 rings (SSSR count). The minimum atomic E-state index is 0. The Kier molecular flexibility index (Phi) is 7.17. The molecule has 0 fully saturated rings. The number of hydrogen-bond donors (Lipinski definition) is 2. The average molecular weight is 460 g/mol. The first-order valence-electron chi connectivity index (χ1n) is 6.43. The van der Waals surface area contributed by atoms with E-state index >= 15 is 0 Å². The van der Waals surface area contributed by atoms with Crippen molar-refractivity contribution in [2.75, 3.05) is 5.32 Å². The summed E-state index contributed by atoms with van der Waals surface area (Å²) in [4.78, 5) is 4.36. The van der Waals surface area contributed by atoms with Crippen molar-refractivity contribution in [1.29, 1.82) is 0 Å². The summed E-state index contributed by atoms with van der Waals surface area (Å²) >= 11 is 3.50. The molecule has 0 bridgehead atoms. The van der Waals surface area contributed by atoms with Crippen molar-refractivity contribution in [3.05, 3.63) is 63.6 Å². The fourth-order valence-electron chi connectivity index (χ4n) is 2.03. The van der Waals surface area contributed by atoms with E-state index in [2.05, 4.69) is 46.2 Å². The Balaban J connectivity index is 0.00000220. The van der Waals surface area contributed by atoms with Crippen LogP contribution < -0.4 is 11.1 Å². The molecular formula is C16H19BrIN3. The Morgan fingerprint density at radius 1 is 1.14 bits per heavy atom. The molecule has 5 heteroatoms. The predicted molar refractivity (Wildman–Crippen MR) is 104 cm³/mol. The van der Waals surface area contributed by atoms with E-state index in [1.165, 1.54) is 11.1 Å². The van der Waals surface area contributed by atoms with E-state index in [1.54, 1.807) is 0 Å². The van der Waals surface area contributed by atoms with E-state index in [0.717, 1.165) is 15.7 Å². The lowest BCUT2D eigenvalue weighted by atomic mass is 10.1. The molecule has 112 valence electrons. The van der Waals surface area contributed by atoms with Crippen LogP contribution in [0, 0.1) is 13.8 Å². The Hall–Kier alpha value is -1.08. The Morgan fingerprint density at radius 3 is 2.38 bits per heavy atom. The quantitative estimate of drug-likeness (QED) is 0.400. The number of aryl methyl sites for hydroxylation is 2. The van der Waals surface area contributed by atoms with Crippen LogP contribution in [0.3, 0.4) is 0 Å². The fourth-order valence-corrected chi connectivity index (χ4v) is 2.44. The number of nitrogens with two attached hydrogens (primary N) is 1. The van der Waals surface area contributed by atoms with E-state index < -0.39 is 0 Å². The van der Waals surface area contributed by atoms with Crippen LogP contribution in [-0.2, 0) is 6.54 Å². The molecule has 0 spiro atoms. The number of nitrogens with zero attached hydrogens (tertiary/aromatic N) is 1. The van der Waals surface area contributed by atoms with Gasteiger partial charge in [0.2, 0.25) is 0 Å². The molecular weight excluding hydrogens is 441 g/mol. The first kappa shape index (κ1) is 18.0. The van der Waals surface area contributed by atoms with Crippen LogP contribution in [0.1, 0.15) is 16.7 Å². The van der Waals surface area contributed by atoms with E-state index in [4.69, 9.17) is 5.73 Å². The summed E-state index contributed by atoms with van der Waals surface area (Å²) in [5, 5.41) is 3.13. The van der Waals surface area contributed by atoms with Gasteiger partial charge in [-0.3, -0.25) is 0 Å². The van der Waals surface area contributed by atoms with Crippen molar-refractivity contribution in [3.8, 4) is 0 Å². The van der Waals surface area contributed by atoms with Gasteiger partial charge in [-0.05, 0) is 48.7 Å². The zero-order valence-electron chi connectivity index (χ0n) is 12.1. The summed E-state index contributed by atoms with van der Waals surface area (Å²) in [6.45, 7) is 4.67. The maximum atomic E-state index is 5.93. The van der Waals surface area contributed by atoms with Gasteiger partial charge in [0, 0.05) is 10.2 Å². The second-order valence-electron chi connectivity index (χ2n) is 4.79. The van der Waals surface area contributed by atoms with Crippen molar-refractivity contribution < 1.29 is 0 Å². The summed E-state index contributed by atoms with van der Waals surface area (Å²) in [6.07, 6.45) is 0. The number of anilines is 1. The van der Waals surface area contributed by atoms with Gasteiger partial charge in [0.05, 0.1) is 6.54 Å². The summed E-state index contributed by atoms with van der Waals surface area (Å²) in [5.41, 5.74) is 10.4. The smallest absolute Gasteiger partial charge is 0.193 e. The molecule has 0 atom stereocenters. The largest absolute Gasteiger partial charge is 0.370 e. The summed E-state index contributed by atoms with van der Waals surface area (Å²) in [7, 11) is 0. The van der Waals surface area contributed by atoms with Crippen LogP contribution in [0.2, 0.25) is 0 Å². The van der Waals surface area contributed by atoms with Crippen molar-refractivity contribution in [3.63, 3.8) is 0 Å². The third-order valence-electron chi connectivity index (χ3n) is 2.87. The number of aliphatic imine (C=N–C) groups is 1. The molecule has 21 heavy (non-hydrogen) atoms. The highest BCUT2D eigenvalue weighted by atomic mass is 127. The highest BCUT2D eigenvalue weighted by molar-refractivity contribution is 14.0. The minimum Gasteiger partial charge on any atom is -0.370 e. The van der Waals surface area contributed by atoms with Gasteiger partial charge in [-0.2, -0.15) is 0 Å². The van der Waals surface area contributed by atoms with Gasteiger partial charge in [-0.1, -0.05) is 40.2 Å². The molecule has 0 saturated heterocycles. The van der Waals surface area contributed by atoms with E-state index in [-0.39, 0.29) is 24.0 Å². The average Bonchev–Trinajstić information content (AvgIpc) is 2.36. The molecule has 0 radical (unpaired) electrons. The van der Waals surface area contributed by atoms with Gasteiger partial charge >= 0.3 is 0 Å². The molecule has 2 aromatic carbocycles. The van der Waals surface area contributed by atoms with Crippen LogP contribution >= 0.6 is 39.9 Å². The van der Waals surface area contributed by atoms with Crippen molar-refractivity contribution in [2.45, 2.75) is 20.4 Å². The molecule has 3 nitrogen and oxygen atoms in total. The topological polar surface area (TPSA) is 50.4 Å². The number of halogens is 2. The van der Waals surface area contributed by atoms with Gasteiger partial charge < -0.3 is 11.1 Å². The van der Waals surface area contributed by atoms with Gasteiger partial charge in [0.25, 0.3) is 0 Å². The van der Waals surface area contributed by atoms with E-state index in [9.17, 15) is 0 Å². The van der Waals surface area contributed by atoms with Crippen molar-refractivity contribution >= 4 is 51.6 Å². The molecule has 0 aliphatic heterocycles. The molecule has 0 aliphatic rings. The zero-order valence-corrected chi connectivity index (χ0v) is 16.0. The van der Waals surface area contributed by atoms with E-state index in [1.807, 2.05) is 36.4 Å². The lowest BCUT2D eigenvalue weighted by Gasteiger charge is -2.08. The summed E-state index contributed by atoms with van der Waals surface area (Å²) in [5.74, 6) is 0.422. The molecule has 0 unspecified atom stereocenters. The first-order valence-corrected chi connectivity index (χ1v) is 7.22. The lowest BCUT2D eigenvalue weighted by Crippen LogP contribution is -2.22. The Morgan fingerprint density at radius 2 is 1.76 bits per heavy atom. The maximum absolute atomic E-state index is 5.93. The van der Waals surface area contributed by atoms with Crippen LogP contribution in [0.25, 0.3) is 0 Å². The molecule has 3 N–H and O–H groups in total. The fraction of sp³-hybridized carbons (Fsp3) is 0.188. The third kappa shape index (κ3) is 5.67. The van der Waals surface area contributed by atoms with Crippen molar-refractivity contribution in [2.24, 2.45) is 10.7 Å². The third-order valence-corrected chi connectivity index (χ3v) is 3.65. The van der Waals surface area contributed by atoms with Gasteiger partial charge in [0.1, 0.15) is 0 Å². The molecule has 0 amide bonds. The van der Waals surface area contributed by atoms with Crippen LogP contribution in [0.5, 0.6) is 0 Å². The second-order valence-corrected chi connectivity index (χ2v) is 5.65. The SMILES string of the molecule is Cc1cc(C)cc(NC(N)=NCc2ccccc2Br)c1.I. The molecule has 0 heterocycles. The zero-order chi connectivity index (χ0) is 14.5. The van der Waals surface area contributed by atoms with Crippen molar-refractivity contribution in [1.82, 2.24) is 0 Å². The monoisotopic (exact) mass is 459 g/mol. The standard InChI is InChI=1S/C16H18BrN3.HI/c1-11-7-12(2)9-14(8-11)20-16(18)19-10-13-5-3-4-6-15(13)17;/h3-9H,10H2,1-2H3,(H3,18,19,20);1H. The highest BCUT2D eigenvalue weighted by Crippen LogP contribution is 2.17. The molecule has 2 aromatic rings. The number of guanidine groups is 1. The maximum Gasteiger partial charge on any atom is 0.193 e. The highest BCUT2D eigenvalue weighted by Gasteiger charge is 2.00. The normalized spacial score (nSPS) is 10.9. The second kappa shape index (κ2) is 8.38. The van der Waals surface area contributed by atoms with Gasteiger partial charge in [-0.15, -0.1) is 24.0 Å². The van der Waals surface area contributed by atoms with Crippen LogP contribution in [0.4, 0.5) is 5.69 Å². The lowest BCUT2D eigenvalue weighted by molar-refractivity contribution is 1.05. The predicted octanol–water partition coefficient (Wildman–Crippen LogP) is 4.61. The Bertz CT molecular complexity index is 621. The number of benzene rings is 2. The summed E-state index contributed by atoms with van der Waals surface area (Å²) < 4.78 is 1.04. The minimum absolute atomic E-state index is 0. The number of hydrogen-bond acceptors (Lipinski definition) is 1. The van der Waals surface area contributed by atoms with E-state index in [0.29, 0.717) is 12.5 Å².